The largest absolute Gasteiger partial charge is 0.289 e. The van der Waals surface area contributed by atoms with Crippen molar-refractivity contribution >= 4 is 38.8 Å². The molecule has 1 aromatic carbocycles. The maximum Gasteiger partial charge on any atom is 0.205 e. The van der Waals surface area contributed by atoms with Crippen molar-refractivity contribution in [3.05, 3.63) is 55.7 Å². The van der Waals surface area contributed by atoms with Crippen LogP contribution in [0, 0.1) is 0 Å². The molecule has 4 heteroatoms. The predicted molar refractivity (Wildman–Crippen MR) is 65.3 cm³/mol. The van der Waals surface area contributed by atoms with Gasteiger partial charge in [0.1, 0.15) is 0 Å². The SMILES string of the molecule is O=C1c2ccsc2C(=O)c2c(Br)cccc21. The van der Waals surface area contributed by atoms with Crippen LogP contribution in [0.3, 0.4) is 0 Å². The van der Waals surface area contributed by atoms with E-state index in [1.165, 1.54) is 11.3 Å². The number of fused-ring (bicyclic) bond motifs is 2. The predicted octanol–water partition coefficient (Wildman–Crippen LogP) is 3.29. The number of halogens is 1. The molecule has 1 aliphatic rings. The van der Waals surface area contributed by atoms with Crippen molar-refractivity contribution in [2.45, 2.75) is 0 Å². The molecular weight excluding hydrogens is 288 g/mol. The Hall–Kier alpha value is -1.26. The Balaban J connectivity index is 2.38. The van der Waals surface area contributed by atoms with Gasteiger partial charge < -0.3 is 0 Å². The molecule has 0 aliphatic heterocycles. The fourth-order valence-corrected chi connectivity index (χ4v) is 3.25. The molecule has 78 valence electrons. The first-order valence-corrected chi connectivity index (χ1v) is 6.33. The second kappa shape index (κ2) is 3.37. The zero-order chi connectivity index (χ0) is 11.3. The van der Waals surface area contributed by atoms with E-state index in [-0.39, 0.29) is 11.6 Å². The number of hydrogen-bond donors (Lipinski definition) is 0. The third-order valence-corrected chi connectivity index (χ3v) is 4.18. The number of carbonyl (C=O) groups is 2. The lowest BCUT2D eigenvalue weighted by molar-refractivity contribution is 0.0982. The average molecular weight is 293 g/mol. The highest BCUT2D eigenvalue weighted by molar-refractivity contribution is 9.10. The molecule has 0 bridgehead atoms. The van der Waals surface area contributed by atoms with Gasteiger partial charge in [0.05, 0.1) is 4.88 Å². The average Bonchev–Trinajstić information content (AvgIpc) is 2.75. The molecule has 2 aromatic rings. The quantitative estimate of drug-likeness (QED) is 0.637. The molecule has 0 radical (unpaired) electrons. The molecule has 3 rings (SSSR count). The van der Waals surface area contributed by atoms with Crippen LogP contribution in [0.15, 0.2) is 34.1 Å². The van der Waals surface area contributed by atoms with E-state index in [1.807, 2.05) is 0 Å². The molecule has 0 unspecified atom stereocenters. The van der Waals surface area contributed by atoms with Crippen molar-refractivity contribution in [1.82, 2.24) is 0 Å². The summed E-state index contributed by atoms with van der Waals surface area (Å²) in [6.45, 7) is 0. The lowest BCUT2D eigenvalue weighted by Gasteiger charge is -2.14. The van der Waals surface area contributed by atoms with E-state index in [0.717, 1.165) is 0 Å². The summed E-state index contributed by atoms with van der Waals surface area (Å²) in [6, 6.07) is 6.96. The summed E-state index contributed by atoms with van der Waals surface area (Å²) in [5.41, 5.74) is 1.51. The third-order valence-electron chi connectivity index (χ3n) is 2.60. The number of thiophene rings is 1. The topological polar surface area (TPSA) is 34.1 Å². The molecule has 0 spiro atoms. The molecule has 2 nitrogen and oxygen atoms in total. The first kappa shape index (κ1) is 9.93. The zero-order valence-corrected chi connectivity index (χ0v) is 10.4. The molecule has 1 aromatic heterocycles. The van der Waals surface area contributed by atoms with Gasteiger partial charge in [-0.15, -0.1) is 11.3 Å². The van der Waals surface area contributed by atoms with Gasteiger partial charge in [-0.25, -0.2) is 0 Å². The minimum atomic E-state index is -0.0629. The van der Waals surface area contributed by atoms with Crippen molar-refractivity contribution in [3.63, 3.8) is 0 Å². The minimum absolute atomic E-state index is 0.0628. The Morgan fingerprint density at radius 3 is 2.62 bits per heavy atom. The molecule has 1 aliphatic carbocycles. The highest BCUT2D eigenvalue weighted by Crippen LogP contribution is 2.34. The van der Waals surface area contributed by atoms with Crippen LogP contribution >= 0.6 is 27.3 Å². The molecule has 0 saturated carbocycles. The molecule has 1 heterocycles. The van der Waals surface area contributed by atoms with Crippen molar-refractivity contribution in [1.29, 1.82) is 0 Å². The van der Waals surface area contributed by atoms with Crippen LogP contribution in [-0.4, -0.2) is 11.6 Å². The zero-order valence-electron chi connectivity index (χ0n) is 7.99. The van der Waals surface area contributed by atoms with Gasteiger partial charge in [0, 0.05) is 21.2 Å². The van der Waals surface area contributed by atoms with Gasteiger partial charge in [0.15, 0.2) is 5.78 Å². The van der Waals surface area contributed by atoms with E-state index in [1.54, 1.807) is 29.6 Å². The van der Waals surface area contributed by atoms with E-state index >= 15 is 0 Å². The van der Waals surface area contributed by atoms with Gasteiger partial charge in [-0.05, 0) is 17.5 Å². The number of carbonyl (C=O) groups excluding carboxylic acids is 2. The first-order valence-electron chi connectivity index (χ1n) is 4.65. The summed E-state index contributed by atoms with van der Waals surface area (Å²) in [5, 5.41) is 1.78. The normalized spacial score (nSPS) is 13.6. The molecule has 0 fully saturated rings. The molecule has 16 heavy (non-hydrogen) atoms. The maximum atomic E-state index is 12.2. The minimum Gasteiger partial charge on any atom is -0.289 e. The summed E-state index contributed by atoms with van der Waals surface area (Å²) >= 11 is 4.64. The Morgan fingerprint density at radius 1 is 1.00 bits per heavy atom. The molecule has 0 N–H and O–H groups in total. The highest BCUT2D eigenvalue weighted by Gasteiger charge is 2.31. The third kappa shape index (κ3) is 1.17. The molecule has 0 saturated heterocycles. The summed E-state index contributed by atoms with van der Waals surface area (Å²) in [6.07, 6.45) is 0. The van der Waals surface area contributed by atoms with E-state index in [9.17, 15) is 9.59 Å². The Labute approximate surface area is 104 Å². The molecule has 0 amide bonds. The Kier molecular flexibility index (Phi) is 2.09. The fourth-order valence-electron chi connectivity index (χ4n) is 1.87. The number of hydrogen-bond acceptors (Lipinski definition) is 3. The lowest BCUT2D eigenvalue weighted by atomic mass is 9.89. The van der Waals surface area contributed by atoms with Gasteiger partial charge in [-0.1, -0.05) is 28.1 Å². The summed E-state index contributed by atoms with van der Waals surface area (Å²) in [4.78, 5) is 24.8. The van der Waals surface area contributed by atoms with Crippen LogP contribution in [-0.2, 0) is 0 Å². The fraction of sp³-hybridized carbons (Fsp3) is 0. The molecular formula is C12H5BrO2S. The Bertz CT molecular complexity index is 628. The van der Waals surface area contributed by atoms with Crippen molar-refractivity contribution < 1.29 is 9.59 Å². The van der Waals surface area contributed by atoms with Gasteiger partial charge in [0.25, 0.3) is 0 Å². The van der Waals surface area contributed by atoms with Crippen molar-refractivity contribution in [2.75, 3.05) is 0 Å². The highest BCUT2D eigenvalue weighted by atomic mass is 79.9. The van der Waals surface area contributed by atoms with Crippen LogP contribution in [0.2, 0.25) is 0 Å². The number of benzene rings is 1. The van der Waals surface area contributed by atoms with Gasteiger partial charge in [0.2, 0.25) is 5.78 Å². The van der Waals surface area contributed by atoms with E-state index in [4.69, 9.17) is 0 Å². The second-order valence-corrected chi connectivity index (χ2v) is 5.25. The van der Waals surface area contributed by atoms with Gasteiger partial charge >= 0.3 is 0 Å². The number of rotatable bonds is 0. The monoisotopic (exact) mass is 292 g/mol. The van der Waals surface area contributed by atoms with E-state index in [0.29, 0.717) is 26.0 Å². The number of ketones is 2. The van der Waals surface area contributed by atoms with Gasteiger partial charge in [-0.2, -0.15) is 0 Å². The first-order chi connectivity index (χ1) is 7.70. The van der Waals surface area contributed by atoms with Crippen LogP contribution in [0.4, 0.5) is 0 Å². The smallest absolute Gasteiger partial charge is 0.205 e. The standard InChI is InChI=1S/C12H5BrO2S/c13-8-3-1-2-6-9(8)11(15)12-7(10(6)14)4-5-16-12/h1-5H. The van der Waals surface area contributed by atoms with E-state index < -0.39 is 0 Å². The lowest BCUT2D eigenvalue weighted by Crippen LogP contribution is -2.19. The van der Waals surface area contributed by atoms with Crippen LogP contribution < -0.4 is 0 Å². The van der Waals surface area contributed by atoms with Crippen molar-refractivity contribution in [3.8, 4) is 0 Å². The summed E-state index contributed by atoms with van der Waals surface area (Å²) < 4.78 is 0.683. The van der Waals surface area contributed by atoms with Crippen molar-refractivity contribution in [2.24, 2.45) is 0 Å². The van der Waals surface area contributed by atoms with Crippen LogP contribution in [0.1, 0.15) is 31.2 Å². The molecule has 0 atom stereocenters. The Morgan fingerprint density at radius 2 is 1.81 bits per heavy atom. The van der Waals surface area contributed by atoms with Gasteiger partial charge in [-0.3, -0.25) is 9.59 Å². The summed E-state index contributed by atoms with van der Waals surface area (Å²) in [5.74, 6) is -0.126. The maximum absolute atomic E-state index is 12.2. The van der Waals surface area contributed by atoms with Crippen LogP contribution in [0.25, 0.3) is 0 Å². The van der Waals surface area contributed by atoms with E-state index in [2.05, 4.69) is 15.9 Å². The summed E-state index contributed by atoms with van der Waals surface area (Å²) in [7, 11) is 0. The van der Waals surface area contributed by atoms with Crippen LogP contribution in [0.5, 0.6) is 0 Å². The second-order valence-electron chi connectivity index (χ2n) is 3.48.